The van der Waals surface area contributed by atoms with Crippen molar-refractivity contribution in [3.8, 4) is 11.5 Å². The summed E-state index contributed by atoms with van der Waals surface area (Å²) in [5.41, 5.74) is 6.26. The molecule has 0 aliphatic carbocycles. The first kappa shape index (κ1) is 12.3. The van der Waals surface area contributed by atoms with Gasteiger partial charge in [0.2, 0.25) is 0 Å². The highest BCUT2D eigenvalue weighted by Crippen LogP contribution is 2.32. The van der Waals surface area contributed by atoms with Crippen LogP contribution < -0.4 is 15.8 Å². The number of phenols is 1. The van der Waals surface area contributed by atoms with Crippen molar-refractivity contribution in [2.24, 2.45) is 5.73 Å². The van der Waals surface area contributed by atoms with Gasteiger partial charge in [-0.05, 0) is 52.5 Å². The molecule has 1 aromatic rings. The molecule has 4 nitrogen and oxygen atoms in total. The highest BCUT2D eigenvalue weighted by Gasteiger charge is 2.08. The number of rotatable bonds is 3. The Morgan fingerprint density at radius 3 is 2.87 bits per heavy atom. The van der Waals surface area contributed by atoms with Gasteiger partial charge in [0.1, 0.15) is 0 Å². The van der Waals surface area contributed by atoms with Crippen LogP contribution in [0.5, 0.6) is 11.5 Å². The Bertz CT molecular complexity index is 385. The topological polar surface area (TPSA) is 67.5 Å². The van der Waals surface area contributed by atoms with E-state index in [9.17, 15) is 5.11 Å². The summed E-state index contributed by atoms with van der Waals surface area (Å²) in [7, 11) is 1.51. The molecule has 0 aromatic heterocycles. The van der Waals surface area contributed by atoms with E-state index in [2.05, 4.69) is 5.32 Å². The fourth-order valence-corrected chi connectivity index (χ4v) is 1.81. The van der Waals surface area contributed by atoms with Crippen LogP contribution in [0.1, 0.15) is 5.56 Å². The van der Waals surface area contributed by atoms with Gasteiger partial charge in [0.05, 0.1) is 10.7 Å². The first-order valence-electron chi connectivity index (χ1n) is 4.13. The Labute approximate surface area is 107 Å². The van der Waals surface area contributed by atoms with Crippen LogP contribution >= 0.6 is 34.8 Å². The lowest BCUT2D eigenvalue weighted by atomic mass is 10.2. The average molecular weight is 338 g/mol. The van der Waals surface area contributed by atoms with Crippen LogP contribution in [0.4, 0.5) is 0 Å². The summed E-state index contributed by atoms with van der Waals surface area (Å²) in [6, 6.07) is 3.58. The Kier molecular flexibility index (Phi) is 4.40. The lowest BCUT2D eigenvalue weighted by Gasteiger charge is -2.09. The number of aromatic hydroxyl groups is 1. The van der Waals surface area contributed by atoms with Crippen molar-refractivity contribution in [3.63, 3.8) is 0 Å². The maximum atomic E-state index is 9.60. The smallest absolute Gasteiger partial charge is 0.171 e. The van der Waals surface area contributed by atoms with E-state index in [4.69, 9.17) is 22.7 Å². The summed E-state index contributed by atoms with van der Waals surface area (Å²) in [6.45, 7) is 0.516. The third-order valence-corrected chi connectivity index (χ3v) is 2.74. The molecule has 4 N–H and O–H groups in total. The number of ether oxygens (including phenoxy) is 1. The maximum absolute atomic E-state index is 9.60. The molecule has 0 amide bonds. The van der Waals surface area contributed by atoms with Crippen molar-refractivity contribution in [2.45, 2.75) is 6.54 Å². The van der Waals surface area contributed by atoms with E-state index in [1.165, 1.54) is 7.11 Å². The molecule has 0 saturated heterocycles. The van der Waals surface area contributed by atoms with Crippen LogP contribution in [0.25, 0.3) is 0 Å². The molecule has 0 radical (unpaired) electrons. The van der Waals surface area contributed by atoms with Crippen LogP contribution in [0.3, 0.4) is 0 Å². The summed E-state index contributed by atoms with van der Waals surface area (Å²) >= 11 is 6.73. The molecule has 0 fully saturated rings. The maximum Gasteiger partial charge on any atom is 0.171 e. The van der Waals surface area contributed by atoms with Crippen molar-refractivity contribution < 1.29 is 9.84 Å². The second kappa shape index (κ2) is 5.36. The molecule has 0 spiro atoms. The monoisotopic (exact) mass is 338 g/mol. The highest BCUT2D eigenvalue weighted by atomic mass is 127. The van der Waals surface area contributed by atoms with Gasteiger partial charge >= 0.3 is 0 Å². The zero-order valence-electron chi connectivity index (χ0n) is 8.08. The van der Waals surface area contributed by atoms with Crippen LogP contribution in [0.15, 0.2) is 12.1 Å². The van der Waals surface area contributed by atoms with E-state index >= 15 is 0 Å². The molecule has 0 aliphatic rings. The minimum absolute atomic E-state index is 0.150. The Balaban J connectivity index is 2.90. The van der Waals surface area contributed by atoms with Crippen LogP contribution in [0.2, 0.25) is 0 Å². The summed E-state index contributed by atoms with van der Waals surface area (Å²) in [6.07, 6.45) is 0. The number of hydrogen-bond donors (Lipinski definition) is 3. The second-order valence-corrected chi connectivity index (χ2v) is 4.45. The lowest BCUT2D eigenvalue weighted by molar-refractivity contribution is 0.371. The standard InChI is InChI=1S/C9H11IN2O2S/c1-14-7-3-5(4-12-9(11)15)2-6(10)8(7)13/h2-3,13H,4H2,1H3,(H3,11,12,15). The van der Waals surface area contributed by atoms with Gasteiger partial charge in [0, 0.05) is 6.54 Å². The van der Waals surface area contributed by atoms with Gasteiger partial charge in [-0.25, -0.2) is 0 Å². The number of hydrogen-bond acceptors (Lipinski definition) is 3. The number of halogens is 1. The third kappa shape index (κ3) is 3.38. The molecule has 6 heteroatoms. The number of nitrogens with one attached hydrogen (secondary N) is 1. The van der Waals surface area contributed by atoms with Crippen LogP contribution in [-0.4, -0.2) is 17.3 Å². The van der Waals surface area contributed by atoms with Crippen molar-refractivity contribution in [3.05, 3.63) is 21.3 Å². The van der Waals surface area contributed by atoms with E-state index in [1.807, 2.05) is 28.7 Å². The molecule has 0 heterocycles. The summed E-state index contributed by atoms with van der Waals surface area (Å²) in [5.74, 6) is 0.596. The van der Waals surface area contributed by atoms with E-state index in [0.717, 1.165) is 9.13 Å². The SMILES string of the molecule is COc1cc(CNC(N)=S)cc(I)c1O. The Morgan fingerprint density at radius 1 is 1.67 bits per heavy atom. The zero-order valence-corrected chi connectivity index (χ0v) is 11.1. The minimum Gasteiger partial charge on any atom is -0.504 e. The molecule has 82 valence electrons. The molecule has 15 heavy (non-hydrogen) atoms. The zero-order chi connectivity index (χ0) is 11.4. The first-order valence-corrected chi connectivity index (χ1v) is 5.62. The normalized spacial score (nSPS) is 9.73. The fraction of sp³-hybridized carbons (Fsp3) is 0.222. The molecule has 1 rings (SSSR count). The molecular weight excluding hydrogens is 327 g/mol. The van der Waals surface area contributed by atoms with Gasteiger partial charge < -0.3 is 20.9 Å². The highest BCUT2D eigenvalue weighted by molar-refractivity contribution is 14.1. The summed E-state index contributed by atoms with van der Waals surface area (Å²) < 4.78 is 5.76. The molecule has 0 atom stereocenters. The van der Waals surface area contributed by atoms with Crippen LogP contribution in [-0.2, 0) is 6.54 Å². The Morgan fingerprint density at radius 2 is 2.33 bits per heavy atom. The van der Waals surface area contributed by atoms with Crippen molar-refractivity contribution in [1.29, 1.82) is 0 Å². The number of thiocarbonyl (C=S) groups is 1. The van der Waals surface area contributed by atoms with Gasteiger partial charge in [-0.1, -0.05) is 0 Å². The molecule has 0 unspecified atom stereocenters. The fourth-order valence-electron chi connectivity index (χ4n) is 1.07. The summed E-state index contributed by atoms with van der Waals surface area (Å²) in [5, 5.41) is 12.7. The lowest BCUT2D eigenvalue weighted by Crippen LogP contribution is -2.28. The van der Waals surface area contributed by atoms with Crippen molar-refractivity contribution in [2.75, 3.05) is 7.11 Å². The third-order valence-electron chi connectivity index (χ3n) is 1.77. The van der Waals surface area contributed by atoms with Crippen molar-refractivity contribution >= 4 is 39.9 Å². The minimum atomic E-state index is 0.150. The molecular formula is C9H11IN2O2S. The van der Waals surface area contributed by atoms with E-state index in [0.29, 0.717) is 12.3 Å². The number of methoxy groups -OCH3 is 1. The predicted molar refractivity (Wildman–Crippen MR) is 71.0 cm³/mol. The second-order valence-electron chi connectivity index (χ2n) is 2.85. The van der Waals surface area contributed by atoms with E-state index in [-0.39, 0.29) is 10.9 Å². The molecule has 1 aromatic carbocycles. The van der Waals surface area contributed by atoms with Gasteiger partial charge in [-0.15, -0.1) is 0 Å². The van der Waals surface area contributed by atoms with Crippen molar-refractivity contribution in [1.82, 2.24) is 5.32 Å². The van der Waals surface area contributed by atoms with Gasteiger partial charge in [0.15, 0.2) is 16.6 Å². The van der Waals surface area contributed by atoms with Gasteiger partial charge in [-0.3, -0.25) is 0 Å². The number of nitrogens with two attached hydrogens (primary N) is 1. The molecule has 0 aliphatic heterocycles. The van der Waals surface area contributed by atoms with E-state index < -0.39 is 0 Å². The quantitative estimate of drug-likeness (QED) is 0.573. The molecule has 0 saturated carbocycles. The number of benzene rings is 1. The average Bonchev–Trinajstić information content (AvgIpc) is 2.19. The first-order chi connectivity index (χ1) is 7.04. The van der Waals surface area contributed by atoms with Crippen LogP contribution in [0, 0.1) is 3.57 Å². The molecule has 0 bridgehead atoms. The van der Waals surface area contributed by atoms with E-state index in [1.54, 1.807) is 6.07 Å². The number of phenolic OH excluding ortho intramolecular Hbond substituents is 1. The van der Waals surface area contributed by atoms with Gasteiger partial charge in [0.25, 0.3) is 0 Å². The summed E-state index contributed by atoms with van der Waals surface area (Å²) in [4.78, 5) is 0. The van der Waals surface area contributed by atoms with Gasteiger partial charge in [-0.2, -0.15) is 0 Å². The largest absolute Gasteiger partial charge is 0.504 e. The predicted octanol–water partition coefficient (Wildman–Crippen LogP) is 1.34. The Hall–Kier alpha value is -0.760.